The van der Waals surface area contributed by atoms with Crippen molar-refractivity contribution in [1.29, 1.82) is 0 Å². The van der Waals surface area contributed by atoms with E-state index in [0.29, 0.717) is 12.8 Å². The minimum atomic E-state index is -0.875. The van der Waals surface area contributed by atoms with Gasteiger partial charge in [-0.15, -0.1) is 0 Å². The van der Waals surface area contributed by atoms with Crippen molar-refractivity contribution in [3.63, 3.8) is 0 Å². The number of Topliss-reactive ketones (excluding diaryl/α,β-unsaturated/α-hetero) is 1. The Bertz CT molecular complexity index is 744. The second-order valence-corrected chi connectivity index (χ2v) is 9.29. The summed E-state index contributed by atoms with van der Waals surface area (Å²) in [5.41, 5.74) is -0.245. The minimum absolute atomic E-state index is 0.0266. The number of ether oxygens (including phenoxy) is 2. The van der Waals surface area contributed by atoms with Gasteiger partial charge in [-0.3, -0.25) is 9.59 Å². The third kappa shape index (κ3) is 7.36. The van der Waals surface area contributed by atoms with Gasteiger partial charge in [-0.05, 0) is 38.3 Å². The molecule has 3 atom stereocenters. The van der Waals surface area contributed by atoms with Crippen molar-refractivity contribution in [1.82, 2.24) is 15.5 Å². The quantitative estimate of drug-likeness (QED) is 0.577. The summed E-state index contributed by atoms with van der Waals surface area (Å²) in [5.74, 6) is -0.0989. The molecule has 1 aromatic rings. The van der Waals surface area contributed by atoms with E-state index in [2.05, 4.69) is 24.5 Å². The maximum Gasteiger partial charge on any atom is 0.413 e. The Morgan fingerprint density at radius 1 is 1.32 bits per heavy atom. The summed E-state index contributed by atoms with van der Waals surface area (Å²) < 4.78 is 15.6. The Labute approximate surface area is 183 Å². The van der Waals surface area contributed by atoms with E-state index in [-0.39, 0.29) is 29.5 Å². The van der Waals surface area contributed by atoms with Gasteiger partial charge in [-0.25, -0.2) is 4.79 Å². The van der Waals surface area contributed by atoms with Crippen molar-refractivity contribution in [2.45, 2.75) is 58.7 Å². The minimum Gasteiger partial charge on any atom is -0.469 e. The van der Waals surface area contributed by atoms with Gasteiger partial charge in [-0.1, -0.05) is 27.7 Å². The van der Waals surface area contributed by atoms with Crippen molar-refractivity contribution >= 4 is 17.8 Å². The molecule has 9 nitrogen and oxygen atoms in total. The van der Waals surface area contributed by atoms with Crippen LogP contribution in [0.25, 0.3) is 0 Å². The second-order valence-electron chi connectivity index (χ2n) is 9.29. The number of nitrogens with one attached hydrogen (secondary N) is 2. The Kier molecular flexibility index (Phi) is 8.64. The summed E-state index contributed by atoms with van der Waals surface area (Å²) >= 11 is 0. The molecule has 0 radical (unpaired) electrons. The van der Waals surface area contributed by atoms with E-state index < -0.39 is 30.2 Å². The van der Waals surface area contributed by atoms with Crippen LogP contribution < -0.4 is 15.4 Å². The Morgan fingerprint density at radius 3 is 2.61 bits per heavy atom. The van der Waals surface area contributed by atoms with Crippen LogP contribution in [0.1, 0.15) is 40.5 Å². The number of rotatable bonds is 10. The molecule has 1 fully saturated rings. The fraction of sp³-hybridized carbons (Fsp3) is 0.682. The number of amides is 2. The van der Waals surface area contributed by atoms with Crippen molar-refractivity contribution in [2.75, 3.05) is 27.2 Å². The highest BCUT2D eigenvalue weighted by molar-refractivity contribution is 5.94. The van der Waals surface area contributed by atoms with E-state index in [0.717, 1.165) is 6.54 Å². The molecule has 31 heavy (non-hydrogen) atoms. The summed E-state index contributed by atoms with van der Waals surface area (Å²) in [5, 5.41) is 5.45. The molecule has 174 valence electrons. The highest BCUT2D eigenvalue weighted by Crippen LogP contribution is 2.31. The lowest BCUT2D eigenvalue weighted by Crippen LogP contribution is -2.55. The van der Waals surface area contributed by atoms with Gasteiger partial charge < -0.3 is 29.4 Å². The lowest BCUT2D eigenvalue weighted by atomic mass is 9.76. The molecule has 1 aliphatic heterocycles. The van der Waals surface area contributed by atoms with Crippen LogP contribution in [0.3, 0.4) is 0 Å². The van der Waals surface area contributed by atoms with Crippen LogP contribution in [0.4, 0.5) is 4.79 Å². The van der Waals surface area contributed by atoms with Gasteiger partial charge in [0.25, 0.3) is 0 Å². The Balaban J connectivity index is 2.10. The van der Waals surface area contributed by atoms with E-state index >= 15 is 0 Å². The first kappa shape index (κ1) is 24.9. The van der Waals surface area contributed by atoms with Crippen LogP contribution in [0.5, 0.6) is 5.75 Å². The van der Waals surface area contributed by atoms with Crippen molar-refractivity contribution < 1.29 is 28.3 Å². The highest BCUT2D eigenvalue weighted by Gasteiger charge is 2.39. The third-order valence-electron chi connectivity index (χ3n) is 5.92. The summed E-state index contributed by atoms with van der Waals surface area (Å²) in [6.07, 6.45) is 2.50. The van der Waals surface area contributed by atoms with Gasteiger partial charge in [0.1, 0.15) is 25.0 Å². The van der Waals surface area contributed by atoms with E-state index in [4.69, 9.17) is 13.9 Å². The van der Waals surface area contributed by atoms with Crippen LogP contribution >= 0.6 is 0 Å². The highest BCUT2D eigenvalue weighted by atomic mass is 16.6. The van der Waals surface area contributed by atoms with Gasteiger partial charge in [0, 0.05) is 12.6 Å². The maximum absolute atomic E-state index is 13.1. The third-order valence-corrected chi connectivity index (χ3v) is 5.92. The topological polar surface area (TPSA) is 110 Å². The van der Waals surface area contributed by atoms with Gasteiger partial charge in [0.2, 0.25) is 5.91 Å². The predicted octanol–water partition coefficient (Wildman–Crippen LogP) is 2.21. The summed E-state index contributed by atoms with van der Waals surface area (Å²) in [4.78, 5) is 39.9. The zero-order chi connectivity index (χ0) is 23.2. The fourth-order valence-corrected chi connectivity index (χ4v) is 3.21. The van der Waals surface area contributed by atoms with Gasteiger partial charge in [0.15, 0.2) is 11.5 Å². The van der Waals surface area contributed by atoms with Crippen LogP contribution in [-0.2, 0) is 14.3 Å². The van der Waals surface area contributed by atoms with E-state index in [9.17, 15) is 14.4 Å². The van der Waals surface area contributed by atoms with Crippen molar-refractivity contribution in [3.8, 4) is 5.75 Å². The van der Waals surface area contributed by atoms with Gasteiger partial charge in [0.05, 0.1) is 12.4 Å². The lowest BCUT2D eigenvalue weighted by molar-refractivity contribution is -0.128. The molecule has 0 saturated carbocycles. The Morgan fingerprint density at radius 2 is 2.03 bits per heavy atom. The zero-order valence-corrected chi connectivity index (χ0v) is 19.3. The average Bonchev–Trinajstić information content (AvgIpc) is 3.29. The van der Waals surface area contributed by atoms with E-state index in [1.807, 2.05) is 32.8 Å². The largest absolute Gasteiger partial charge is 0.469 e. The monoisotopic (exact) mass is 437 g/mol. The molecule has 0 aromatic carbocycles. The number of furan rings is 1. The zero-order valence-electron chi connectivity index (χ0n) is 19.3. The van der Waals surface area contributed by atoms with E-state index in [1.54, 1.807) is 0 Å². The summed E-state index contributed by atoms with van der Waals surface area (Å²) in [6, 6.07) is -0.111. The first-order chi connectivity index (χ1) is 14.5. The molecule has 2 amide bonds. The van der Waals surface area contributed by atoms with Crippen molar-refractivity contribution in [3.05, 3.63) is 18.6 Å². The Hall–Kier alpha value is -2.39. The molecule has 0 aliphatic carbocycles. The van der Waals surface area contributed by atoms with E-state index in [1.165, 1.54) is 18.6 Å². The maximum atomic E-state index is 13.1. The SMILES string of the molecule is CC(C)C(C)(C)C[C@H](NC(=O)Oc1ccoc1)C(=O)NC1C(=O)COC1CCN(C)C. The standard InChI is InChI=1S/C22H35N3O6/c1-14(2)22(3,4)11-16(23-21(28)31-15-8-10-29-12-15)20(27)24-19-17(26)13-30-18(19)7-9-25(5)6/h8,10,12,14,16,18-19H,7,9,11,13H2,1-6H3,(H,23,28)(H,24,27)/t16-,18?,19?/m0/s1. The normalized spacial score (nSPS) is 20.2. The first-order valence-corrected chi connectivity index (χ1v) is 10.6. The molecule has 2 N–H and O–H groups in total. The van der Waals surface area contributed by atoms with Crippen LogP contribution in [0.2, 0.25) is 0 Å². The molecular weight excluding hydrogens is 402 g/mol. The smallest absolute Gasteiger partial charge is 0.413 e. The molecule has 0 spiro atoms. The molecule has 2 heterocycles. The average molecular weight is 438 g/mol. The molecule has 1 saturated heterocycles. The number of hydrogen-bond donors (Lipinski definition) is 2. The van der Waals surface area contributed by atoms with Crippen LogP contribution in [0, 0.1) is 11.3 Å². The second kappa shape index (κ2) is 10.8. The lowest BCUT2D eigenvalue weighted by Gasteiger charge is -2.33. The van der Waals surface area contributed by atoms with Crippen LogP contribution in [-0.4, -0.2) is 68.1 Å². The fourth-order valence-electron chi connectivity index (χ4n) is 3.21. The molecule has 9 heteroatoms. The van der Waals surface area contributed by atoms with Gasteiger partial charge in [-0.2, -0.15) is 0 Å². The van der Waals surface area contributed by atoms with Crippen molar-refractivity contribution in [2.24, 2.45) is 11.3 Å². The number of ketones is 1. The number of nitrogens with zero attached hydrogens (tertiary/aromatic N) is 1. The summed E-state index contributed by atoms with van der Waals surface area (Å²) in [6.45, 7) is 8.88. The molecule has 1 aliphatic rings. The molecule has 2 rings (SSSR count). The first-order valence-electron chi connectivity index (χ1n) is 10.6. The predicted molar refractivity (Wildman–Crippen MR) is 115 cm³/mol. The molecule has 1 aromatic heterocycles. The number of carbonyl (C=O) groups excluding carboxylic acids is 3. The molecule has 2 unspecified atom stereocenters. The number of hydrogen-bond acceptors (Lipinski definition) is 7. The van der Waals surface area contributed by atoms with Gasteiger partial charge >= 0.3 is 6.09 Å². The van der Waals surface area contributed by atoms with Crippen LogP contribution in [0.15, 0.2) is 23.0 Å². The molecule has 0 bridgehead atoms. The number of carbonyl (C=O) groups is 3. The summed E-state index contributed by atoms with van der Waals surface area (Å²) in [7, 11) is 3.87. The molecular formula is C22H35N3O6.